The number of nitrogens with one attached hydrogen (secondary N) is 1. The molecule has 1 unspecified atom stereocenters. The molecule has 1 amide bonds. The molecule has 0 radical (unpaired) electrons. The number of aliphatic hydroxyl groups is 1. The van der Waals surface area contributed by atoms with E-state index in [-0.39, 0.29) is 12.5 Å². The number of carbonyl (C=O) groups excluding carboxylic acids is 1. The van der Waals surface area contributed by atoms with Crippen LogP contribution in [0.25, 0.3) is 0 Å². The average molecular weight is 240 g/mol. The van der Waals surface area contributed by atoms with E-state index in [2.05, 4.69) is 10.5 Å². The van der Waals surface area contributed by atoms with Crippen molar-refractivity contribution < 1.29 is 14.4 Å². The lowest BCUT2D eigenvalue weighted by atomic mass is 10.0. The minimum Gasteiger partial charge on any atom is -0.396 e. The third kappa shape index (κ3) is 3.56. The molecule has 1 aromatic rings. The minimum absolute atomic E-state index is 0.152. The van der Waals surface area contributed by atoms with E-state index in [1.807, 2.05) is 6.92 Å². The van der Waals surface area contributed by atoms with Gasteiger partial charge < -0.3 is 14.9 Å². The topological polar surface area (TPSA) is 75.4 Å². The maximum absolute atomic E-state index is 11.9. The third-order valence-electron chi connectivity index (χ3n) is 2.93. The molecule has 0 aliphatic carbocycles. The zero-order valence-electron chi connectivity index (χ0n) is 10.6. The van der Waals surface area contributed by atoms with Gasteiger partial charge in [0.05, 0.1) is 5.69 Å². The van der Waals surface area contributed by atoms with Gasteiger partial charge in [-0.3, -0.25) is 4.79 Å². The van der Waals surface area contributed by atoms with E-state index in [4.69, 9.17) is 9.63 Å². The number of hydrogen-bond donors (Lipinski definition) is 2. The normalized spacial score (nSPS) is 12.5. The highest BCUT2D eigenvalue weighted by atomic mass is 16.5. The van der Waals surface area contributed by atoms with Crippen LogP contribution in [0.15, 0.2) is 4.52 Å². The van der Waals surface area contributed by atoms with Gasteiger partial charge in [0, 0.05) is 13.2 Å². The van der Waals surface area contributed by atoms with Crippen molar-refractivity contribution >= 4 is 5.91 Å². The van der Waals surface area contributed by atoms with Crippen molar-refractivity contribution in [3.63, 3.8) is 0 Å². The smallest absolute Gasteiger partial charge is 0.256 e. The molecule has 2 N–H and O–H groups in total. The Balaban J connectivity index is 2.55. The molecule has 0 bridgehead atoms. The monoisotopic (exact) mass is 240 g/mol. The molecule has 0 saturated heterocycles. The first-order valence-corrected chi connectivity index (χ1v) is 5.92. The van der Waals surface area contributed by atoms with Gasteiger partial charge in [0.1, 0.15) is 11.3 Å². The summed E-state index contributed by atoms with van der Waals surface area (Å²) in [4.78, 5) is 11.9. The third-order valence-corrected chi connectivity index (χ3v) is 2.93. The van der Waals surface area contributed by atoms with Crippen molar-refractivity contribution in [2.24, 2.45) is 5.92 Å². The van der Waals surface area contributed by atoms with E-state index < -0.39 is 0 Å². The average Bonchev–Trinajstić information content (AvgIpc) is 2.64. The Labute approximate surface area is 101 Å². The van der Waals surface area contributed by atoms with Crippen molar-refractivity contribution in [1.29, 1.82) is 0 Å². The van der Waals surface area contributed by atoms with E-state index >= 15 is 0 Å². The zero-order valence-corrected chi connectivity index (χ0v) is 10.6. The molecular weight excluding hydrogens is 220 g/mol. The molecule has 17 heavy (non-hydrogen) atoms. The first-order chi connectivity index (χ1) is 8.10. The largest absolute Gasteiger partial charge is 0.396 e. The van der Waals surface area contributed by atoms with Crippen molar-refractivity contribution in [2.75, 3.05) is 13.2 Å². The first kappa shape index (κ1) is 13.7. The maximum Gasteiger partial charge on any atom is 0.256 e. The Morgan fingerprint density at radius 3 is 2.71 bits per heavy atom. The summed E-state index contributed by atoms with van der Waals surface area (Å²) in [6.07, 6.45) is 1.64. The predicted molar refractivity (Wildman–Crippen MR) is 63.8 cm³/mol. The molecule has 96 valence electrons. The molecule has 0 spiro atoms. The summed E-state index contributed by atoms with van der Waals surface area (Å²) in [5, 5.41) is 15.5. The van der Waals surface area contributed by atoms with Crippen LogP contribution in [0.3, 0.4) is 0 Å². The quantitative estimate of drug-likeness (QED) is 0.788. The lowest BCUT2D eigenvalue weighted by molar-refractivity contribution is 0.0941. The van der Waals surface area contributed by atoms with Gasteiger partial charge in [-0.1, -0.05) is 18.5 Å². The number of carbonyl (C=O) groups is 1. The SMILES string of the molecule is CCC(CCO)CNC(=O)c1c(C)noc1C. The van der Waals surface area contributed by atoms with Crippen LogP contribution < -0.4 is 5.32 Å². The van der Waals surface area contributed by atoms with Crippen molar-refractivity contribution in [3.05, 3.63) is 17.0 Å². The fourth-order valence-electron chi connectivity index (χ4n) is 1.77. The Morgan fingerprint density at radius 1 is 1.53 bits per heavy atom. The molecule has 1 aromatic heterocycles. The molecule has 1 rings (SSSR count). The summed E-state index contributed by atoms with van der Waals surface area (Å²) < 4.78 is 4.95. The van der Waals surface area contributed by atoms with E-state index in [0.29, 0.717) is 35.9 Å². The van der Waals surface area contributed by atoms with Crippen LogP contribution in [0, 0.1) is 19.8 Å². The highest BCUT2D eigenvalue weighted by molar-refractivity contribution is 5.96. The molecule has 0 aliphatic rings. The van der Waals surface area contributed by atoms with Crippen LogP contribution in [0.4, 0.5) is 0 Å². The number of hydrogen-bond acceptors (Lipinski definition) is 4. The number of aryl methyl sites for hydroxylation is 2. The van der Waals surface area contributed by atoms with Crippen LogP contribution in [-0.2, 0) is 0 Å². The summed E-state index contributed by atoms with van der Waals surface area (Å²) in [7, 11) is 0. The van der Waals surface area contributed by atoms with Gasteiger partial charge in [-0.05, 0) is 26.2 Å². The van der Waals surface area contributed by atoms with Crippen LogP contribution in [0.1, 0.15) is 41.6 Å². The Kier molecular flexibility index (Phi) is 5.15. The summed E-state index contributed by atoms with van der Waals surface area (Å²) in [5.74, 6) is 0.692. The van der Waals surface area contributed by atoms with Crippen molar-refractivity contribution in [1.82, 2.24) is 10.5 Å². The van der Waals surface area contributed by atoms with Gasteiger partial charge >= 0.3 is 0 Å². The summed E-state index contributed by atoms with van der Waals surface area (Å²) in [5.41, 5.74) is 1.12. The summed E-state index contributed by atoms with van der Waals surface area (Å²) in [6.45, 7) is 6.23. The Hall–Kier alpha value is -1.36. The second-order valence-electron chi connectivity index (χ2n) is 4.20. The lowest BCUT2D eigenvalue weighted by Gasteiger charge is -2.14. The first-order valence-electron chi connectivity index (χ1n) is 5.92. The van der Waals surface area contributed by atoms with Crippen LogP contribution >= 0.6 is 0 Å². The Bertz CT molecular complexity index is 354. The van der Waals surface area contributed by atoms with Crippen LogP contribution in [-0.4, -0.2) is 29.3 Å². The summed E-state index contributed by atoms with van der Waals surface area (Å²) >= 11 is 0. The summed E-state index contributed by atoms with van der Waals surface area (Å²) in [6, 6.07) is 0. The van der Waals surface area contributed by atoms with Crippen LogP contribution in [0.5, 0.6) is 0 Å². The number of aromatic nitrogens is 1. The van der Waals surface area contributed by atoms with E-state index in [1.54, 1.807) is 13.8 Å². The van der Waals surface area contributed by atoms with Crippen LogP contribution in [0.2, 0.25) is 0 Å². The highest BCUT2D eigenvalue weighted by Gasteiger charge is 2.18. The molecule has 5 heteroatoms. The zero-order chi connectivity index (χ0) is 12.8. The maximum atomic E-state index is 11.9. The van der Waals surface area contributed by atoms with Gasteiger partial charge in [0.25, 0.3) is 5.91 Å². The van der Waals surface area contributed by atoms with Crippen molar-refractivity contribution in [2.45, 2.75) is 33.6 Å². The number of amides is 1. The Morgan fingerprint density at radius 2 is 2.24 bits per heavy atom. The van der Waals surface area contributed by atoms with E-state index in [0.717, 1.165) is 6.42 Å². The number of rotatable bonds is 6. The molecule has 0 aromatic carbocycles. The fourth-order valence-corrected chi connectivity index (χ4v) is 1.77. The second-order valence-corrected chi connectivity index (χ2v) is 4.20. The highest BCUT2D eigenvalue weighted by Crippen LogP contribution is 2.12. The number of aliphatic hydroxyl groups excluding tert-OH is 1. The lowest BCUT2D eigenvalue weighted by Crippen LogP contribution is -2.30. The molecule has 1 heterocycles. The number of nitrogens with zero attached hydrogens (tertiary/aromatic N) is 1. The standard InChI is InChI=1S/C12H20N2O3/c1-4-10(5-6-15)7-13-12(16)11-8(2)14-17-9(11)3/h10,15H,4-7H2,1-3H3,(H,13,16). The van der Waals surface area contributed by atoms with E-state index in [1.165, 1.54) is 0 Å². The van der Waals surface area contributed by atoms with E-state index in [9.17, 15) is 4.79 Å². The molecular formula is C12H20N2O3. The van der Waals surface area contributed by atoms with Gasteiger partial charge in [0.15, 0.2) is 0 Å². The van der Waals surface area contributed by atoms with Crippen molar-refractivity contribution in [3.8, 4) is 0 Å². The molecule has 5 nitrogen and oxygen atoms in total. The molecule has 0 aliphatic heterocycles. The fraction of sp³-hybridized carbons (Fsp3) is 0.667. The van der Waals surface area contributed by atoms with Gasteiger partial charge in [0.2, 0.25) is 0 Å². The predicted octanol–water partition coefficient (Wildman–Crippen LogP) is 1.43. The molecule has 0 fully saturated rings. The second kappa shape index (κ2) is 6.39. The minimum atomic E-state index is -0.155. The molecule has 1 atom stereocenters. The van der Waals surface area contributed by atoms with Gasteiger partial charge in [-0.15, -0.1) is 0 Å². The van der Waals surface area contributed by atoms with Gasteiger partial charge in [-0.2, -0.15) is 0 Å². The van der Waals surface area contributed by atoms with Gasteiger partial charge in [-0.25, -0.2) is 0 Å². The molecule has 0 saturated carbocycles.